The van der Waals surface area contributed by atoms with Gasteiger partial charge in [-0.3, -0.25) is 4.79 Å². The Hall–Kier alpha value is -3.37. The summed E-state index contributed by atoms with van der Waals surface area (Å²) in [6.07, 6.45) is -3.15. The summed E-state index contributed by atoms with van der Waals surface area (Å²) in [5.74, 6) is -1.68. The number of carbonyl (C=O) groups is 2. The minimum Gasteiger partial charge on any atom is -0.463 e. The normalized spacial score (nSPS) is 11.6. The van der Waals surface area contributed by atoms with Crippen LogP contribution in [0.1, 0.15) is 16.1 Å². The van der Waals surface area contributed by atoms with Gasteiger partial charge in [-0.25, -0.2) is 9.78 Å². The van der Waals surface area contributed by atoms with Crippen LogP contribution in [-0.4, -0.2) is 41.3 Å². The zero-order valence-electron chi connectivity index (χ0n) is 13.8. The summed E-state index contributed by atoms with van der Waals surface area (Å²) in [6.45, 7) is -0.817. The maximum absolute atomic E-state index is 12.4. The summed E-state index contributed by atoms with van der Waals surface area (Å²) in [7, 11) is 0. The fourth-order valence-corrected chi connectivity index (χ4v) is 2.26. The topological polar surface area (TPSA) is 107 Å². The van der Waals surface area contributed by atoms with Crippen LogP contribution in [0.3, 0.4) is 0 Å². The largest absolute Gasteiger partial charge is 0.463 e. The summed E-state index contributed by atoms with van der Waals surface area (Å²) in [6, 6.07) is 4.59. The average Bonchev–Trinajstić information content (AvgIpc) is 3.27. The molecule has 1 amide bonds. The van der Waals surface area contributed by atoms with E-state index in [0.29, 0.717) is 11.5 Å². The van der Waals surface area contributed by atoms with E-state index < -0.39 is 31.2 Å². The number of fused-ring (bicyclic) bond motifs is 1. The first kappa shape index (κ1) is 18.4. The molecule has 8 nitrogen and oxygen atoms in total. The molecule has 0 aliphatic heterocycles. The van der Waals surface area contributed by atoms with Crippen LogP contribution in [0.25, 0.3) is 22.6 Å². The van der Waals surface area contributed by atoms with Crippen LogP contribution >= 0.6 is 0 Å². The third-order valence-electron chi connectivity index (χ3n) is 3.43. The first-order valence-corrected chi connectivity index (χ1v) is 7.56. The molecule has 0 saturated carbocycles. The number of carbonyl (C=O) groups excluding carboxylic acids is 2. The van der Waals surface area contributed by atoms with Gasteiger partial charge in [0.05, 0.1) is 22.9 Å². The highest BCUT2D eigenvalue weighted by molar-refractivity contribution is 6.04. The molecule has 3 rings (SSSR count). The van der Waals surface area contributed by atoms with Crippen molar-refractivity contribution in [3.8, 4) is 11.5 Å². The maximum Gasteiger partial charge on any atom is 0.405 e. The van der Waals surface area contributed by atoms with Gasteiger partial charge >= 0.3 is 12.1 Å². The fraction of sp³-hybridized carbons (Fsp3) is 0.250. The molecule has 0 bridgehead atoms. The van der Waals surface area contributed by atoms with Gasteiger partial charge < -0.3 is 19.0 Å². The monoisotopic (exact) mass is 383 g/mol. The molecule has 3 aromatic rings. The summed E-state index contributed by atoms with van der Waals surface area (Å²) >= 11 is 0. The highest BCUT2D eigenvalue weighted by Crippen LogP contribution is 2.27. The van der Waals surface area contributed by atoms with E-state index in [-0.39, 0.29) is 22.4 Å². The van der Waals surface area contributed by atoms with Gasteiger partial charge in [0.15, 0.2) is 12.4 Å². The molecule has 1 N–H and O–H groups in total. The van der Waals surface area contributed by atoms with Crippen LogP contribution in [-0.2, 0) is 9.53 Å². The number of hydrogen-bond donors (Lipinski definition) is 1. The van der Waals surface area contributed by atoms with E-state index in [1.54, 1.807) is 24.4 Å². The lowest BCUT2D eigenvalue weighted by Crippen LogP contribution is -2.36. The molecule has 0 unspecified atom stereocenters. The van der Waals surface area contributed by atoms with Crippen molar-refractivity contribution in [2.75, 3.05) is 13.2 Å². The van der Waals surface area contributed by atoms with Crippen LogP contribution in [0.15, 0.2) is 33.4 Å². The standard InChI is InChI=1S/C16H12F3N3O5/c1-8-13-9(15(24)26-6-12(23)20-7-16(17,18)19)5-10(11-3-2-4-25-11)21-14(13)27-22-8/h2-5H,6-7H2,1H3,(H,20,23). The minimum absolute atomic E-state index is 0.00577. The summed E-state index contributed by atoms with van der Waals surface area (Å²) < 4.78 is 51.4. The number of furan rings is 1. The van der Waals surface area contributed by atoms with Gasteiger partial charge in [0.25, 0.3) is 11.6 Å². The number of alkyl halides is 3. The van der Waals surface area contributed by atoms with Gasteiger partial charge in [-0.2, -0.15) is 13.2 Å². The molecule has 0 aliphatic rings. The van der Waals surface area contributed by atoms with E-state index in [4.69, 9.17) is 13.7 Å². The molecule has 0 atom stereocenters. The Labute approximate surface area is 149 Å². The quantitative estimate of drug-likeness (QED) is 0.675. The maximum atomic E-state index is 12.4. The number of aromatic nitrogens is 2. The van der Waals surface area contributed by atoms with Crippen LogP contribution in [0, 0.1) is 6.92 Å². The third kappa shape index (κ3) is 4.25. The zero-order valence-corrected chi connectivity index (χ0v) is 13.8. The predicted molar refractivity (Wildman–Crippen MR) is 83.6 cm³/mol. The Morgan fingerprint density at radius 1 is 1.33 bits per heavy atom. The van der Waals surface area contributed by atoms with E-state index in [0.717, 1.165) is 0 Å². The van der Waals surface area contributed by atoms with E-state index in [9.17, 15) is 22.8 Å². The second kappa shape index (κ2) is 7.09. The van der Waals surface area contributed by atoms with Crippen LogP contribution in [0.5, 0.6) is 0 Å². The van der Waals surface area contributed by atoms with Crippen molar-refractivity contribution in [3.63, 3.8) is 0 Å². The lowest BCUT2D eigenvalue weighted by molar-refractivity contribution is -0.140. The van der Waals surface area contributed by atoms with E-state index in [1.165, 1.54) is 12.3 Å². The molecule has 0 aromatic carbocycles. The van der Waals surface area contributed by atoms with E-state index >= 15 is 0 Å². The predicted octanol–water partition coefficient (Wildman–Crippen LogP) is 2.63. The number of esters is 1. The molecule has 0 fully saturated rings. The molecule has 0 spiro atoms. The molecule has 11 heteroatoms. The number of ether oxygens (including phenoxy) is 1. The summed E-state index contributed by atoms with van der Waals surface area (Å²) in [4.78, 5) is 28.0. The van der Waals surface area contributed by atoms with Crippen molar-refractivity contribution in [1.29, 1.82) is 0 Å². The molecule has 3 aromatic heterocycles. The lowest BCUT2D eigenvalue weighted by atomic mass is 10.1. The SMILES string of the molecule is Cc1noc2nc(-c3ccco3)cc(C(=O)OCC(=O)NCC(F)(F)F)c12. The highest BCUT2D eigenvalue weighted by Gasteiger charge is 2.28. The number of amides is 1. The first-order valence-electron chi connectivity index (χ1n) is 7.56. The number of halogens is 3. The Kier molecular flexibility index (Phi) is 4.84. The number of pyridine rings is 1. The highest BCUT2D eigenvalue weighted by atomic mass is 19.4. The smallest absolute Gasteiger partial charge is 0.405 e. The second-order valence-corrected chi connectivity index (χ2v) is 5.45. The van der Waals surface area contributed by atoms with Crippen molar-refractivity contribution in [2.45, 2.75) is 13.1 Å². The Bertz CT molecular complexity index is 979. The van der Waals surface area contributed by atoms with Crippen molar-refractivity contribution in [1.82, 2.24) is 15.5 Å². The molecule has 0 radical (unpaired) electrons. The van der Waals surface area contributed by atoms with Crippen LogP contribution in [0.4, 0.5) is 13.2 Å². The van der Waals surface area contributed by atoms with Crippen molar-refractivity contribution in [2.24, 2.45) is 0 Å². The summed E-state index contributed by atoms with van der Waals surface area (Å²) in [5.41, 5.74) is 0.665. The van der Waals surface area contributed by atoms with Crippen molar-refractivity contribution >= 4 is 23.0 Å². The summed E-state index contributed by atoms with van der Waals surface area (Å²) in [5, 5.41) is 5.61. The zero-order chi connectivity index (χ0) is 19.6. The van der Waals surface area contributed by atoms with Crippen molar-refractivity contribution in [3.05, 3.63) is 35.7 Å². The number of hydrogen-bond acceptors (Lipinski definition) is 7. The van der Waals surface area contributed by atoms with Gasteiger partial charge in [-0.1, -0.05) is 5.16 Å². The number of rotatable bonds is 5. The van der Waals surface area contributed by atoms with Gasteiger partial charge in [-0.15, -0.1) is 0 Å². The Morgan fingerprint density at radius 2 is 2.11 bits per heavy atom. The Balaban J connectivity index is 1.81. The Morgan fingerprint density at radius 3 is 2.78 bits per heavy atom. The molecule has 0 saturated heterocycles. The number of aryl methyl sites for hydroxylation is 1. The number of nitrogens with zero attached hydrogens (tertiary/aromatic N) is 2. The van der Waals surface area contributed by atoms with Crippen LogP contribution in [0.2, 0.25) is 0 Å². The van der Waals surface area contributed by atoms with Gasteiger partial charge in [0.1, 0.15) is 12.2 Å². The minimum atomic E-state index is -4.56. The lowest BCUT2D eigenvalue weighted by Gasteiger charge is -2.09. The van der Waals surface area contributed by atoms with Gasteiger partial charge in [0.2, 0.25) is 0 Å². The van der Waals surface area contributed by atoms with Crippen molar-refractivity contribution < 1.29 is 36.4 Å². The van der Waals surface area contributed by atoms with E-state index in [1.807, 2.05) is 0 Å². The molecular formula is C16H12F3N3O5. The molecule has 3 heterocycles. The molecule has 142 valence electrons. The van der Waals surface area contributed by atoms with Crippen LogP contribution < -0.4 is 5.32 Å². The van der Waals surface area contributed by atoms with Gasteiger partial charge in [-0.05, 0) is 25.1 Å². The first-order chi connectivity index (χ1) is 12.7. The third-order valence-corrected chi connectivity index (χ3v) is 3.43. The molecule has 27 heavy (non-hydrogen) atoms. The fourth-order valence-electron chi connectivity index (χ4n) is 2.26. The average molecular weight is 383 g/mol. The molecule has 0 aliphatic carbocycles. The second-order valence-electron chi connectivity index (χ2n) is 5.45. The number of nitrogens with one attached hydrogen (secondary N) is 1. The van der Waals surface area contributed by atoms with Gasteiger partial charge in [0, 0.05) is 0 Å². The van der Waals surface area contributed by atoms with E-state index in [2.05, 4.69) is 10.1 Å². The molecular weight excluding hydrogens is 371 g/mol.